The van der Waals surface area contributed by atoms with E-state index in [2.05, 4.69) is 0 Å². The molecule has 1 saturated heterocycles. The number of rotatable bonds is 4. The first-order chi connectivity index (χ1) is 11.3. The molecular formula is C17H22F3NO3. The standard InChI is InChI=1S/C17H22F3NO3/c1-2-24-15(23)11-5-3-8-21(10-11)12-9-16(6-4-7-16)13(12)14(22)17(18,19)20/h11H,2-10H2,1H3. The van der Waals surface area contributed by atoms with Gasteiger partial charge in [0.25, 0.3) is 5.78 Å². The molecule has 0 amide bonds. The summed E-state index contributed by atoms with van der Waals surface area (Å²) in [6, 6.07) is 0. The Morgan fingerprint density at radius 2 is 2.00 bits per heavy atom. The molecule has 0 bridgehead atoms. The molecule has 4 nitrogen and oxygen atoms in total. The summed E-state index contributed by atoms with van der Waals surface area (Å²) < 4.78 is 44.0. The van der Waals surface area contributed by atoms with E-state index in [0.29, 0.717) is 57.5 Å². The lowest BCUT2D eigenvalue weighted by Crippen LogP contribution is -2.52. The minimum atomic E-state index is -4.83. The van der Waals surface area contributed by atoms with Gasteiger partial charge in [-0.25, -0.2) is 0 Å². The van der Waals surface area contributed by atoms with Crippen molar-refractivity contribution in [2.24, 2.45) is 11.3 Å². The van der Waals surface area contributed by atoms with E-state index in [4.69, 9.17) is 4.74 Å². The van der Waals surface area contributed by atoms with Crippen molar-refractivity contribution in [2.75, 3.05) is 19.7 Å². The van der Waals surface area contributed by atoms with Gasteiger partial charge >= 0.3 is 12.1 Å². The zero-order valence-corrected chi connectivity index (χ0v) is 13.7. The predicted molar refractivity (Wildman–Crippen MR) is 79.9 cm³/mol. The minimum Gasteiger partial charge on any atom is -0.466 e. The SMILES string of the molecule is CCOC(=O)C1CCCN(C2=C(C(=O)C(F)(F)F)C3(CCC3)C2)C1. The number of allylic oxidation sites excluding steroid dienone is 2. The molecule has 0 aromatic heterocycles. The topological polar surface area (TPSA) is 46.6 Å². The summed E-state index contributed by atoms with van der Waals surface area (Å²) in [6.45, 7) is 2.96. The molecule has 1 spiro atoms. The molecule has 24 heavy (non-hydrogen) atoms. The molecule has 0 radical (unpaired) electrons. The van der Waals surface area contributed by atoms with Crippen molar-refractivity contribution in [1.82, 2.24) is 4.90 Å². The third kappa shape index (κ3) is 2.82. The lowest BCUT2D eigenvalue weighted by Gasteiger charge is -2.55. The fourth-order valence-electron chi connectivity index (χ4n) is 4.19. The largest absolute Gasteiger partial charge is 0.466 e. The molecule has 0 aromatic rings. The van der Waals surface area contributed by atoms with E-state index in [0.717, 1.165) is 6.42 Å². The van der Waals surface area contributed by atoms with Gasteiger partial charge in [0, 0.05) is 29.8 Å². The Morgan fingerprint density at radius 1 is 1.29 bits per heavy atom. The Balaban J connectivity index is 1.82. The summed E-state index contributed by atoms with van der Waals surface area (Å²) in [6.07, 6.45) is -0.734. The number of carbonyl (C=O) groups is 2. The van der Waals surface area contributed by atoms with Crippen LogP contribution in [0.4, 0.5) is 13.2 Å². The Labute approximate surface area is 139 Å². The lowest BCUT2D eigenvalue weighted by molar-refractivity contribution is -0.170. The molecule has 2 aliphatic carbocycles. The number of piperidine rings is 1. The highest BCUT2D eigenvalue weighted by Crippen LogP contribution is 2.61. The van der Waals surface area contributed by atoms with Crippen molar-refractivity contribution < 1.29 is 27.5 Å². The molecule has 1 heterocycles. The van der Waals surface area contributed by atoms with Crippen LogP contribution in [0.15, 0.2) is 11.3 Å². The van der Waals surface area contributed by atoms with Gasteiger partial charge in [-0.05, 0) is 39.0 Å². The second kappa shape index (κ2) is 6.08. The van der Waals surface area contributed by atoms with E-state index < -0.39 is 17.4 Å². The third-order valence-electron chi connectivity index (χ3n) is 5.54. The quantitative estimate of drug-likeness (QED) is 0.734. The first-order valence-corrected chi connectivity index (χ1v) is 8.55. The van der Waals surface area contributed by atoms with Crippen molar-refractivity contribution in [2.45, 2.75) is 51.6 Å². The Hall–Kier alpha value is -1.53. The number of esters is 1. The number of Topliss-reactive ketones (excluding diaryl/α,β-unsaturated/α-hetero) is 1. The third-order valence-corrected chi connectivity index (χ3v) is 5.54. The van der Waals surface area contributed by atoms with Crippen LogP contribution in [-0.2, 0) is 14.3 Å². The fraction of sp³-hybridized carbons (Fsp3) is 0.765. The molecule has 1 unspecified atom stereocenters. The Morgan fingerprint density at radius 3 is 2.54 bits per heavy atom. The van der Waals surface area contributed by atoms with Crippen molar-refractivity contribution in [1.29, 1.82) is 0 Å². The molecule has 1 atom stereocenters. The van der Waals surface area contributed by atoms with Gasteiger partial charge in [-0.15, -0.1) is 0 Å². The van der Waals surface area contributed by atoms with E-state index in [1.54, 1.807) is 6.92 Å². The van der Waals surface area contributed by atoms with Crippen LogP contribution in [0.1, 0.15) is 45.4 Å². The molecule has 134 valence electrons. The summed E-state index contributed by atoms with van der Waals surface area (Å²) in [4.78, 5) is 25.7. The van der Waals surface area contributed by atoms with Gasteiger partial charge < -0.3 is 9.64 Å². The number of ketones is 1. The Kier molecular flexibility index (Phi) is 4.38. The summed E-state index contributed by atoms with van der Waals surface area (Å²) in [7, 11) is 0. The number of hydrogen-bond acceptors (Lipinski definition) is 4. The van der Waals surface area contributed by atoms with Crippen molar-refractivity contribution in [3.05, 3.63) is 11.3 Å². The van der Waals surface area contributed by atoms with E-state index in [-0.39, 0.29) is 17.5 Å². The first kappa shape index (κ1) is 17.3. The number of carbonyl (C=O) groups excluding carboxylic acids is 2. The van der Waals surface area contributed by atoms with Gasteiger partial charge in [-0.3, -0.25) is 9.59 Å². The Bertz CT molecular complexity index is 578. The number of ether oxygens (including phenoxy) is 1. The molecule has 3 rings (SSSR count). The maximum absolute atomic E-state index is 13.0. The molecule has 7 heteroatoms. The van der Waals surface area contributed by atoms with Gasteiger partial charge in [-0.1, -0.05) is 6.42 Å². The van der Waals surface area contributed by atoms with Gasteiger partial charge in [-0.2, -0.15) is 13.2 Å². The maximum atomic E-state index is 13.0. The highest BCUT2D eigenvalue weighted by Gasteiger charge is 2.58. The number of hydrogen-bond donors (Lipinski definition) is 0. The second-order valence-electron chi connectivity index (χ2n) is 7.00. The number of nitrogens with zero attached hydrogens (tertiary/aromatic N) is 1. The van der Waals surface area contributed by atoms with Crippen LogP contribution < -0.4 is 0 Å². The van der Waals surface area contributed by atoms with Gasteiger partial charge in [0.2, 0.25) is 0 Å². The highest BCUT2D eigenvalue weighted by atomic mass is 19.4. The van der Waals surface area contributed by atoms with Crippen LogP contribution in [0.3, 0.4) is 0 Å². The molecule has 2 fully saturated rings. The first-order valence-electron chi connectivity index (χ1n) is 8.55. The minimum absolute atomic E-state index is 0.0363. The van der Waals surface area contributed by atoms with E-state index in [1.807, 2.05) is 4.90 Å². The van der Waals surface area contributed by atoms with Gasteiger partial charge in [0.05, 0.1) is 12.5 Å². The molecule has 0 aromatic carbocycles. The summed E-state index contributed by atoms with van der Waals surface area (Å²) in [5, 5.41) is 0. The highest BCUT2D eigenvalue weighted by molar-refractivity contribution is 6.03. The lowest BCUT2D eigenvalue weighted by atomic mass is 9.53. The van der Waals surface area contributed by atoms with Crippen LogP contribution in [0.25, 0.3) is 0 Å². The molecular weight excluding hydrogens is 323 g/mol. The summed E-state index contributed by atoms with van der Waals surface area (Å²) in [5.74, 6) is -2.32. The summed E-state index contributed by atoms with van der Waals surface area (Å²) >= 11 is 0. The van der Waals surface area contributed by atoms with E-state index in [9.17, 15) is 22.8 Å². The second-order valence-corrected chi connectivity index (χ2v) is 7.00. The number of halogens is 3. The van der Waals surface area contributed by atoms with Gasteiger partial charge in [0.1, 0.15) is 0 Å². The molecule has 1 aliphatic heterocycles. The number of likely N-dealkylation sites (tertiary alicyclic amines) is 1. The molecule has 3 aliphatic rings. The van der Waals surface area contributed by atoms with Crippen LogP contribution >= 0.6 is 0 Å². The van der Waals surface area contributed by atoms with Crippen molar-refractivity contribution in [3.8, 4) is 0 Å². The smallest absolute Gasteiger partial charge is 0.454 e. The van der Waals surface area contributed by atoms with Crippen molar-refractivity contribution >= 4 is 11.8 Å². The maximum Gasteiger partial charge on any atom is 0.454 e. The van der Waals surface area contributed by atoms with E-state index >= 15 is 0 Å². The van der Waals surface area contributed by atoms with E-state index in [1.165, 1.54) is 0 Å². The van der Waals surface area contributed by atoms with Crippen LogP contribution in [0, 0.1) is 11.3 Å². The molecule has 0 N–H and O–H groups in total. The van der Waals surface area contributed by atoms with Gasteiger partial charge in [0.15, 0.2) is 0 Å². The average Bonchev–Trinajstić information content (AvgIpc) is 2.44. The zero-order chi connectivity index (χ0) is 17.5. The average molecular weight is 345 g/mol. The van der Waals surface area contributed by atoms with Crippen LogP contribution in [-0.4, -0.2) is 42.5 Å². The normalized spacial score (nSPS) is 26.0. The van der Waals surface area contributed by atoms with Crippen LogP contribution in [0.5, 0.6) is 0 Å². The van der Waals surface area contributed by atoms with Crippen molar-refractivity contribution in [3.63, 3.8) is 0 Å². The number of alkyl halides is 3. The van der Waals surface area contributed by atoms with Crippen LogP contribution in [0.2, 0.25) is 0 Å². The molecule has 1 saturated carbocycles. The predicted octanol–water partition coefficient (Wildman–Crippen LogP) is 3.22. The summed E-state index contributed by atoms with van der Waals surface area (Å²) in [5.41, 5.74) is -0.0875. The monoisotopic (exact) mass is 345 g/mol. The fourth-order valence-corrected chi connectivity index (χ4v) is 4.19. The zero-order valence-electron chi connectivity index (χ0n) is 13.7.